The van der Waals surface area contributed by atoms with Crippen molar-refractivity contribution >= 4 is 0 Å². The van der Waals surface area contributed by atoms with Crippen molar-refractivity contribution in [3.05, 3.63) is 30.1 Å². The van der Waals surface area contributed by atoms with Crippen molar-refractivity contribution < 1.29 is 0 Å². The number of nitrogens with one attached hydrogen (secondary N) is 1. The molecule has 2 heteroatoms. The summed E-state index contributed by atoms with van der Waals surface area (Å²) in [6.07, 6.45) is 5.53. The molecule has 1 aromatic rings. The van der Waals surface area contributed by atoms with E-state index in [0.29, 0.717) is 0 Å². The van der Waals surface area contributed by atoms with Crippen LogP contribution in [-0.4, -0.2) is 11.0 Å². The minimum Gasteiger partial charge on any atom is -0.264 e. The Bertz CT molecular complexity index is 194. The van der Waals surface area contributed by atoms with E-state index in [2.05, 4.69) is 11.1 Å². The van der Waals surface area contributed by atoms with E-state index in [1.54, 1.807) is 6.20 Å². The van der Waals surface area contributed by atoms with Gasteiger partial charge < -0.3 is 0 Å². The molecule has 59 valence electrons. The van der Waals surface area contributed by atoms with Crippen LogP contribution in [0.15, 0.2) is 24.5 Å². The van der Waals surface area contributed by atoms with Crippen LogP contribution in [0.5, 0.6) is 0 Å². The van der Waals surface area contributed by atoms with Crippen LogP contribution >= 0.6 is 0 Å². The van der Waals surface area contributed by atoms with E-state index in [1.165, 1.54) is 5.56 Å². The minimum absolute atomic E-state index is 0.0372. The van der Waals surface area contributed by atoms with E-state index in [1.807, 2.05) is 19.2 Å². The standard InChI is InChI=1S/C9H13N2/c1-8(10)4-5-9-3-2-6-11-7-9/h2-3,6-8,10H,4-5H2,1H3. The van der Waals surface area contributed by atoms with Crippen molar-refractivity contribution in [2.24, 2.45) is 0 Å². The fourth-order valence-electron chi connectivity index (χ4n) is 0.929. The van der Waals surface area contributed by atoms with Crippen molar-refractivity contribution in [3.8, 4) is 0 Å². The van der Waals surface area contributed by atoms with Gasteiger partial charge in [-0.15, -0.1) is 0 Å². The lowest BCUT2D eigenvalue weighted by Crippen LogP contribution is -2.03. The molecule has 1 N–H and O–H groups in total. The first kappa shape index (κ1) is 8.21. The SMILES string of the molecule is CC([NH])CCc1cccnc1. The Morgan fingerprint density at radius 1 is 1.64 bits per heavy atom. The summed E-state index contributed by atoms with van der Waals surface area (Å²) in [5, 5.41) is 0. The number of aromatic nitrogens is 1. The van der Waals surface area contributed by atoms with Crippen LogP contribution < -0.4 is 5.73 Å². The third-order valence-corrected chi connectivity index (χ3v) is 1.59. The smallest absolute Gasteiger partial charge is 0.0299 e. The Hall–Kier alpha value is -0.890. The zero-order valence-corrected chi connectivity index (χ0v) is 6.75. The Balaban J connectivity index is 2.39. The van der Waals surface area contributed by atoms with Gasteiger partial charge in [0.1, 0.15) is 0 Å². The Morgan fingerprint density at radius 2 is 2.45 bits per heavy atom. The van der Waals surface area contributed by atoms with E-state index in [-0.39, 0.29) is 6.04 Å². The highest BCUT2D eigenvalue weighted by molar-refractivity contribution is 5.08. The quantitative estimate of drug-likeness (QED) is 0.644. The molecule has 0 spiro atoms. The summed E-state index contributed by atoms with van der Waals surface area (Å²) in [5.74, 6) is 0. The lowest BCUT2D eigenvalue weighted by Gasteiger charge is -2.02. The van der Waals surface area contributed by atoms with Crippen LogP contribution in [0.3, 0.4) is 0 Å². The van der Waals surface area contributed by atoms with E-state index >= 15 is 0 Å². The van der Waals surface area contributed by atoms with Crippen LogP contribution in [0.2, 0.25) is 0 Å². The summed E-state index contributed by atoms with van der Waals surface area (Å²) < 4.78 is 0. The molecule has 1 heterocycles. The molecule has 1 unspecified atom stereocenters. The van der Waals surface area contributed by atoms with Gasteiger partial charge in [-0.3, -0.25) is 10.7 Å². The summed E-state index contributed by atoms with van der Waals surface area (Å²) in [4.78, 5) is 4.00. The Kier molecular flexibility index (Phi) is 3.05. The maximum atomic E-state index is 7.31. The zero-order valence-electron chi connectivity index (χ0n) is 6.75. The molecule has 1 atom stereocenters. The highest BCUT2D eigenvalue weighted by Crippen LogP contribution is 2.01. The number of hydrogen-bond acceptors (Lipinski definition) is 1. The average molecular weight is 149 g/mol. The predicted molar refractivity (Wildman–Crippen MR) is 45.1 cm³/mol. The molecule has 0 aliphatic rings. The summed E-state index contributed by atoms with van der Waals surface area (Å²) in [6.45, 7) is 1.91. The molecule has 2 nitrogen and oxygen atoms in total. The van der Waals surface area contributed by atoms with Crippen LogP contribution in [0.25, 0.3) is 0 Å². The summed E-state index contributed by atoms with van der Waals surface area (Å²) in [6, 6.07) is 4.02. The van der Waals surface area contributed by atoms with Gasteiger partial charge in [-0.05, 0) is 31.4 Å². The van der Waals surface area contributed by atoms with Gasteiger partial charge in [0.05, 0.1) is 0 Å². The first-order valence-electron chi connectivity index (χ1n) is 3.89. The number of rotatable bonds is 3. The van der Waals surface area contributed by atoms with Gasteiger partial charge in [0.2, 0.25) is 0 Å². The van der Waals surface area contributed by atoms with Gasteiger partial charge in [0.15, 0.2) is 0 Å². The normalized spacial score (nSPS) is 12.9. The van der Waals surface area contributed by atoms with Gasteiger partial charge in [0.25, 0.3) is 0 Å². The number of pyridine rings is 1. The second-order valence-corrected chi connectivity index (χ2v) is 2.80. The molecule has 0 saturated heterocycles. The maximum absolute atomic E-state index is 7.31. The third kappa shape index (κ3) is 3.14. The lowest BCUT2D eigenvalue weighted by molar-refractivity contribution is 0.647. The van der Waals surface area contributed by atoms with Gasteiger partial charge in [0, 0.05) is 18.4 Å². The number of aryl methyl sites for hydroxylation is 1. The molecular formula is C9H13N2. The van der Waals surface area contributed by atoms with Gasteiger partial charge in [-0.1, -0.05) is 6.07 Å². The molecule has 0 amide bonds. The summed E-state index contributed by atoms with van der Waals surface area (Å²) in [5.41, 5.74) is 8.53. The third-order valence-electron chi connectivity index (χ3n) is 1.59. The highest BCUT2D eigenvalue weighted by Gasteiger charge is 1.95. The van der Waals surface area contributed by atoms with Crippen LogP contribution in [0, 0.1) is 0 Å². The van der Waals surface area contributed by atoms with E-state index < -0.39 is 0 Å². The van der Waals surface area contributed by atoms with E-state index in [0.717, 1.165) is 12.8 Å². The predicted octanol–water partition coefficient (Wildman–Crippen LogP) is 1.69. The number of nitrogens with zero attached hydrogens (tertiary/aromatic N) is 1. The maximum Gasteiger partial charge on any atom is 0.0299 e. The molecule has 11 heavy (non-hydrogen) atoms. The Morgan fingerprint density at radius 3 is 3.00 bits per heavy atom. The molecule has 0 aliphatic heterocycles. The fraction of sp³-hybridized carbons (Fsp3) is 0.444. The second kappa shape index (κ2) is 4.09. The first-order chi connectivity index (χ1) is 5.29. The average Bonchev–Trinajstić information content (AvgIpc) is 2.03. The van der Waals surface area contributed by atoms with Gasteiger partial charge in [-0.2, -0.15) is 0 Å². The van der Waals surface area contributed by atoms with Crippen molar-refractivity contribution in [2.75, 3.05) is 0 Å². The molecular weight excluding hydrogens is 136 g/mol. The van der Waals surface area contributed by atoms with Crippen molar-refractivity contribution in [2.45, 2.75) is 25.8 Å². The van der Waals surface area contributed by atoms with Crippen LogP contribution in [0.1, 0.15) is 18.9 Å². The first-order valence-corrected chi connectivity index (χ1v) is 3.89. The molecule has 1 aromatic heterocycles. The number of hydrogen-bond donors (Lipinski definition) is 0. The Labute approximate surface area is 67.5 Å². The van der Waals surface area contributed by atoms with Crippen molar-refractivity contribution in [1.29, 1.82) is 0 Å². The van der Waals surface area contributed by atoms with Crippen LogP contribution in [0.4, 0.5) is 0 Å². The highest BCUT2D eigenvalue weighted by atomic mass is 14.6. The minimum atomic E-state index is 0.0372. The van der Waals surface area contributed by atoms with Crippen molar-refractivity contribution in [1.82, 2.24) is 10.7 Å². The van der Waals surface area contributed by atoms with Gasteiger partial charge >= 0.3 is 0 Å². The molecule has 0 aliphatic carbocycles. The molecule has 0 saturated carbocycles. The summed E-state index contributed by atoms with van der Waals surface area (Å²) in [7, 11) is 0. The van der Waals surface area contributed by atoms with Crippen LogP contribution in [-0.2, 0) is 6.42 Å². The van der Waals surface area contributed by atoms with Gasteiger partial charge in [-0.25, -0.2) is 0 Å². The molecule has 0 aromatic carbocycles. The fourth-order valence-corrected chi connectivity index (χ4v) is 0.929. The van der Waals surface area contributed by atoms with E-state index in [9.17, 15) is 0 Å². The topological polar surface area (TPSA) is 36.7 Å². The summed E-state index contributed by atoms with van der Waals surface area (Å²) >= 11 is 0. The largest absolute Gasteiger partial charge is 0.264 e. The molecule has 0 bridgehead atoms. The molecule has 0 fully saturated rings. The van der Waals surface area contributed by atoms with E-state index in [4.69, 9.17) is 5.73 Å². The van der Waals surface area contributed by atoms with Crippen molar-refractivity contribution in [3.63, 3.8) is 0 Å². The molecule has 1 rings (SSSR count). The monoisotopic (exact) mass is 149 g/mol. The molecule has 1 radical (unpaired) electrons. The lowest BCUT2D eigenvalue weighted by atomic mass is 10.1. The second-order valence-electron chi connectivity index (χ2n) is 2.80. The zero-order chi connectivity index (χ0) is 8.10.